The molecule has 0 radical (unpaired) electrons. The zero-order valence-corrected chi connectivity index (χ0v) is 18.3. The third-order valence-electron chi connectivity index (χ3n) is 6.24. The predicted octanol–water partition coefficient (Wildman–Crippen LogP) is 2.98. The summed E-state index contributed by atoms with van der Waals surface area (Å²) in [5.74, 6) is -0.743. The number of pyridine rings is 1. The fraction of sp³-hybridized carbons (Fsp3) is 0.478. The number of carboxylic acid groups (broad SMARTS) is 1. The maximum atomic E-state index is 12.9. The van der Waals surface area contributed by atoms with E-state index in [2.05, 4.69) is 20.7 Å². The van der Waals surface area contributed by atoms with Crippen molar-refractivity contribution in [2.45, 2.75) is 52.6 Å². The molecule has 0 saturated carbocycles. The van der Waals surface area contributed by atoms with Crippen molar-refractivity contribution in [2.24, 2.45) is 12.5 Å². The van der Waals surface area contributed by atoms with Crippen molar-refractivity contribution in [1.82, 2.24) is 24.2 Å². The number of fused-ring (bicyclic) bond motifs is 3. The second-order valence-electron chi connectivity index (χ2n) is 9.02. The monoisotopic (exact) mass is 423 g/mol. The Morgan fingerprint density at radius 2 is 2.10 bits per heavy atom. The first kappa shape index (κ1) is 21.1. The number of carbonyl (C=O) groups is 2. The van der Waals surface area contributed by atoms with E-state index in [0.29, 0.717) is 38.9 Å². The molecule has 31 heavy (non-hydrogen) atoms. The first-order chi connectivity index (χ1) is 14.8. The molecule has 1 aliphatic heterocycles. The lowest BCUT2D eigenvalue weighted by molar-refractivity contribution is -0.147. The topological polar surface area (TPSA) is 93.2 Å². The largest absolute Gasteiger partial charge is 0.481 e. The van der Waals surface area contributed by atoms with Crippen molar-refractivity contribution in [1.29, 1.82) is 0 Å². The van der Waals surface area contributed by atoms with Crippen molar-refractivity contribution in [3.8, 4) is 0 Å². The Bertz CT molecular complexity index is 1130. The summed E-state index contributed by atoms with van der Waals surface area (Å²) in [6.45, 7) is 5.29. The van der Waals surface area contributed by atoms with E-state index < -0.39 is 11.4 Å². The van der Waals surface area contributed by atoms with Gasteiger partial charge in [0.25, 0.3) is 0 Å². The highest BCUT2D eigenvalue weighted by Gasteiger charge is 2.29. The van der Waals surface area contributed by atoms with E-state index >= 15 is 0 Å². The van der Waals surface area contributed by atoms with E-state index in [1.165, 1.54) is 5.56 Å². The van der Waals surface area contributed by atoms with E-state index in [-0.39, 0.29) is 5.91 Å². The molecule has 8 nitrogen and oxygen atoms in total. The van der Waals surface area contributed by atoms with Crippen molar-refractivity contribution >= 4 is 22.9 Å². The number of nitrogens with zero attached hydrogens (tertiary/aromatic N) is 5. The van der Waals surface area contributed by atoms with Gasteiger partial charge in [0.05, 0.1) is 24.7 Å². The normalized spacial score (nSPS) is 14.1. The van der Waals surface area contributed by atoms with Gasteiger partial charge < -0.3 is 14.6 Å². The molecule has 1 aliphatic rings. The summed E-state index contributed by atoms with van der Waals surface area (Å²) in [7, 11) is 1.90. The summed E-state index contributed by atoms with van der Waals surface area (Å²) in [6.07, 6.45) is 7.88. The van der Waals surface area contributed by atoms with Gasteiger partial charge in [0.15, 0.2) is 0 Å². The molecular formula is C23H29N5O3. The quantitative estimate of drug-likeness (QED) is 0.631. The number of amides is 1. The van der Waals surface area contributed by atoms with Crippen LogP contribution in [-0.2, 0) is 36.1 Å². The SMILES string of the molecule is Cn1cc(Cn2c3c(c4cccnc42)CCN(C(=O)CCCC(C)(C)C(=O)O)C3)cn1. The van der Waals surface area contributed by atoms with Gasteiger partial charge in [0, 0.05) is 49.1 Å². The molecule has 1 N–H and O–H groups in total. The molecule has 0 saturated heterocycles. The molecule has 8 heteroatoms. The minimum Gasteiger partial charge on any atom is -0.481 e. The van der Waals surface area contributed by atoms with Gasteiger partial charge in [-0.05, 0) is 50.8 Å². The van der Waals surface area contributed by atoms with Gasteiger partial charge in [-0.1, -0.05) is 0 Å². The summed E-state index contributed by atoms with van der Waals surface area (Å²) >= 11 is 0. The second-order valence-corrected chi connectivity index (χ2v) is 9.02. The van der Waals surface area contributed by atoms with E-state index in [1.807, 2.05) is 30.4 Å². The van der Waals surface area contributed by atoms with Crippen LogP contribution in [0.25, 0.3) is 11.0 Å². The average molecular weight is 424 g/mol. The van der Waals surface area contributed by atoms with Crippen molar-refractivity contribution < 1.29 is 14.7 Å². The van der Waals surface area contributed by atoms with E-state index in [1.54, 1.807) is 24.7 Å². The number of carboxylic acids is 1. The van der Waals surface area contributed by atoms with Crippen LogP contribution in [0, 0.1) is 5.41 Å². The Morgan fingerprint density at radius 1 is 1.29 bits per heavy atom. The molecule has 164 valence electrons. The average Bonchev–Trinajstić information content (AvgIpc) is 3.29. The number of hydrogen-bond donors (Lipinski definition) is 1. The minimum atomic E-state index is -0.824. The molecule has 0 fully saturated rings. The molecule has 4 rings (SSSR count). The first-order valence-electron chi connectivity index (χ1n) is 10.7. The highest BCUT2D eigenvalue weighted by Crippen LogP contribution is 2.31. The highest BCUT2D eigenvalue weighted by molar-refractivity contribution is 5.84. The number of carbonyl (C=O) groups excluding carboxylic acids is 1. The zero-order valence-electron chi connectivity index (χ0n) is 18.3. The van der Waals surface area contributed by atoms with Crippen LogP contribution in [0.2, 0.25) is 0 Å². The van der Waals surface area contributed by atoms with E-state index in [4.69, 9.17) is 0 Å². The van der Waals surface area contributed by atoms with Crippen LogP contribution in [0.5, 0.6) is 0 Å². The lowest BCUT2D eigenvalue weighted by atomic mass is 9.87. The maximum Gasteiger partial charge on any atom is 0.309 e. The van der Waals surface area contributed by atoms with Gasteiger partial charge in [0.1, 0.15) is 5.65 Å². The van der Waals surface area contributed by atoms with Crippen LogP contribution < -0.4 is 0 Å². The standard InChI is InChI=1S/C23H29N5O3/c1-23(2,22(30)31)9-4-7-20(29)27-11-8-17-18-6-5-10-24-21(18)28(19(17)15-27)14-16-12-25-26(3)13-16/h5-6,10,12-13H,4,7-9,11,14-15H2,1-3H3,(H,30,31). The molecule has 1 amide bonds. The number of aliphatic carboxylic acids is 1. The van der Waals surface area contributed by atoms with Crippen molar-refractivity contribution in [3.05, 3.63) is 47.5 Å². The predicted molar refractivity (Wildman–Crippen MR) is 116 cm³/mol. The molecule has 0 unspecified atom stereocenters. The summed E-state index contributed by atoms with van der Waals surface area (Å²) in [4.78, 5) is 30.7. The number of aromatic nitrogens is 4. The van der Waals surface area contributed by atoms with E-state index in [9.17, 15) is 14.7 Å². The molecule has 0 aromatic carbocycles. The number of aryl methyl sites for hydroxylation is 1. The molecule has 0 aliphatic carbocycles. The van der Waals surface area contributed by atoms with Crippen LogP contribution in [-0.4, -0.2) is 47.8 Å². The Labute approximate surface area is 181 Å². The zero-order chi connectivity index (χ0) is 22.2. The van der Waals surface area contributed by atoms with Gasteiger partial charge in [0.2, 0.25) is 5.91 Å². The highest BCUT2D eigenvalue weighted by atomic mass is 16.4. The van der Waals surface area contributed by atoms with E-state index in [0.717, 1.165) is 28.7 Å². The molecular weight excluding hydrogens is 394 g/mol. The van der Waals surface area contributed by atoms with Gasteiger partial charge in [-0.25, -0.2) is 4.98 Å². The van der Waals surface area contributed by atoms with Gasteiger partial charge in [-0.15, -0.1) is 0 Å². The van der Waals surface area contributed by atoms with Crippen LogP contribution in [0.4, 0.5) is 0 Å². The van der Waals surface area contributed by atoms with Gasteiger partial charge in [-0.2, -0.15) is 5.10 Å². The lowest BCUT2D eigenvalue weighted by Gasteiger charge is -2.29. The van der Waals surface area contributed by atoms with Crippen LogP contribution in [0.3, 0.4) is 0 Å². The summed E-state index contributed by atoms with van der Waals surface area (Å²) < 4.78 is 3.99. The fourth-order valence-electron chi connectivity index (χ4n) is 4.33. The Morgan fingerprint density at radius 3 is 2.81 bits per heavy atom. The Kier molecular flexibility index (Phi) is 5.56. The molecule has 3 aromatic heterocycles. The van der Waals surface area contributed by atoms with Crippen molar-refractivity contribution in [2.75, 3.05) is 6.54 Å². The van der Waals surface area contributed by atoms with Gasteiger partial charge >= 0.3 is 5.97 Å². The van der Waals surface area contributed by atoms with Gasteiger partial charge in [-0.3, -0.25) is 14.3 Å². The Hall–Kier alpha value is -3.16. The van der Waals surface area contributed by atoms with Crippen LogP contribution >= 0.6 is 0 Å². The molecule has 4 heterocycles. The molecule has 0 spiro atoms. The Balaban J connectivity index is 1.54. The van der Waals surface area contributed by atoms with Crippen molar-refractivity contribution in [3.63, 3.8) is 0 Å². The number of rotatable bonds is 7. The smallest absolute Gasteiger partial charge is 0.309 e. The molecule has 0 atom stereocenters. The summed E-state index contributed by atoms with van der Waals surface area (Å²) in [5.41, 5.74) is 3.61. The summed E-state index contributed by atoms with van der Waals surface area (Å²) in [5, 5.41) is 14.7. The lowest BCUT2D eigenvalue weighted by Crippen LogP contribution is -2.36. The first-order valence-corrected chi connectivity index (χ1v) is 10.7. The fourth-order valence-corrected chi connectivity index (χ4v) is 4.33. The second kappa shape index (κ2) is 8.17. The van der Waals surface area contributed by atoms with Crippen LogP contribution in [0.15, 0.2) is 30.7 Å². The maximum absolute atomic E-state index is 12.9. The third-order valence-corrected chi connectivity index (χ3v) is 6.24. The summed E-state index contributed by atoms with van der Waals surface area (Å²) in [6, 6.07) is 4.06. The molecule has 3 aromatic rings. The van der Waals surface area contributed by atoms with Crippen LogP contribution in [0.1, 0.15) is 49.9 Å². The minimum absolute atomic E-state index is 0.0815. The third kappa shape index (κ3) is 4.19. The molecule has 0 bridgehead atoms. The number of hydrogen-bond acceptors (Lipinski definition) is 4.